The van der Waals surface area contributed by atoms with Crippen molar-refractivity contribution in [2.45, 2.75) is 72.1 Å². The quantitative estimate of drug-likeness (QED) is 0.559. The highest BCUT2D eigenvalue weighted by molar-refractivity contribution is 4.63. The second-order valence-electron chi connectivity index (χ2n) is 3.91. The van der Waals surface area contributed by atoms with E-state index in [2.05, 4.69) is 20.8 Å². The van der Waals surface area contributed by atoms with Crippen molar-refractivity contribution in [1.29, 1.82) is 0 Å². The van der Waals surface area contributed by atoms with Gasteiger partial charge < -0.3 is 0 Å². The van der Waals surface area contributed by atoms with Crippen LogP contribution in [0, 0.1) is 5.92 Å². The van der Waals surface area contributed by atoms with Crippen molar-refractivity contribution >= 4 is 0 Å². The Morgan fingerprint density at radius 3 is 1.58 bits per heavy atom. The van der Waals surface area contributed by atoms with Gasteiger partial charge in [-0.05, 0) is 5.92 Å². The molecule has 0 amide bonds. The van der Waals surface area contributed by atoms with E-state index in [4.69, 9.17) is 0 Å². The summed E-state index contributed by atoms with van der Waals surface area (Å²) in [6.07, 6.45) is 11.6. The van der Waals surface area contributed by atoms with Crippen molar-refractivity contribution in [1.82, 2.24) is 0 Å². The fourth-order valence-electron chi connectivity index (χ4n) is 1.60. The molecule has 1 saturated carbocycles. The Morgan fingerprint density at radius 1 is 0.833 bits per heavy atom. The van der Waals surface area contributed by atoms with Crippen LogP contribution < -0.4 is 0 Å². The van der Waals surface area contributed by atoms with Crippen molar-refractivity contribution in [3.63, 3.8) is 0 Å². The van der Waals surface area contributed by atoms with Crippen molar-refractivity contribution in [3.05, 3.63) is 0 Å². The van der Waals surface area contributed by atoms with Crippen molar-refractivity contribution in [2.24, 2.45) is 5.92 Å². The van der Waals surface area contributed by atoms with Crippen LogP contribution in [0.4, 0.5) is 0 Å². The lowest BCUT2D eigenvalue weighted by Crippen LogP contribution is -2.03. The van der Waals surface area contributed by atoms with Gasteiger partial charge in [0.2, 0.25) is 0 Å². The standard InChI is InChI=1S/C8H16.C4H10/c1-2-8-6-4-3-5-7-8;1-3-4-2/h8H,2-7H2,1H3;3-4H2,1-2H3. The summed E-state index contributed by atoms with van der Waals surface area (Å²) in [5, 5.41) is 0. The van der Waals surface area contributed by atoms with Crippen molar-refractivity contribution < 1.29 is 0 Å². The van der Waals surface area contributed by atoms with Gasteiger partial charge in [0, 0.05) is 0 Å². The topological polar surface area (TPSA) is 0 Å². The Hall–Kier alpha value is 0. The van der Waals surface area contributed by atoms with E-state index in [-0.39, 0.29) is 0 Å². The van der Waals surface area contributed by atoms with E-state index >= 15 is 0 Å². The Balaban J connectivity index is 0.000000261. The second kappa shape index (κ2) is 9.09. The number of unbranched alkanes of at least 4 members (excludes halogenated alkanes) is 1. The smallest absolute Gasteiger partial charge is 0.0417 e. The summed E-state index contributed by atoms with van der Waals surface area (Å²) in [4.78, 5) is 0. The molecule has 0 saturated heterocycles. The highest BCUT2D eigenvalue weighted by atomic mass is 14.2. The second-order valence-corrected chi connectivity index (χ2v) is 3.91. The van der Waals surface area contributed by atoms with Gasteiger partial charge >= 0.3 is 0 Å². The lowest BCUT2D eigenvalue weighted by atomic mass is 9.88. The van der Waals surface area contributed by atoms with Crippen LogP contribution in [0.1, 0.15) is 72.1 Å². The molecule has 0 radical (unpaired) electrons. The minimum atomic E-state index is 1.09. The zero-order valence-electron chi connectivity index (χ0n) is 9.23. The van der Waals surface area contributed by atoms with Gasteiger partial charge in [0.05, 0.1) is 0 Å². The van der Waals surface area contributed by atoms with Crippen LogP contribution in [0.15, 0.2) is 0 Å². The molecule has 1 rings (SSSR count). The van der Waals surface area contributed by atoms with Gasteiger partial charge in [-0.3, -0.25) is 0 Å². The predicted octanol–water partition coefficient (Wildman–Crippen LogP) is 4.78. The molecule has 0 atom stereocenters. The molecule has 0 heteroatoms. The first-order valence-corrected chi connectivity index (χ1v) is 5.85. The Bertz CT molecular complexity index is 68.1. The maximum atomic E-state index is 2.32. The molecule has 0 heterocycles. The van der Waals surface area contributed by atoms with Gasteiger partial charge in [0.25, 0.3) is 0 Å². The summed E-state index contributed by atoms with van der Waals surface area (Å²) < 4.78 is 0. The molecule has 0 aromatic carbocycles. The Labute approximate surface area is 78.8 Å². The van der Waals surface area contributed by atoms with Crippen LogP contribution in [0.25, 0.3) is 0 Å². The molecule has 0 aliphatic heterocycles. The average molecular weight is 170 g/mol. The van der Waals surface area contributed by atoms with Crippen LogP contribution in [0.2, 0.25) is 0 Å². The molecular weight excluding hydrogens is 144 g/mol. The summed E-state index contributed by atoms with van der Waals surface area (Å²) in [7, 11) is 0. The lowest BCUT2D eigenvalue weighted by Gasteiger charge is -2.18. The molecule has 0 aromatic heterocycles. The fraction of sp³-hybridized carbons (Fsp3) is 1.00. The van der Waals surface area contributed by atoms with Crippen molar-refractivity contribution in [2.75, 3.05) is 0 Å². The minimum absolute atomic E-state index is 1.09. The van der Waals surface area contributed by atoms with Crippen LogP contribution in [0.5, 0.6) is 0 Å². The molecular formula is C12H26. The molecule has 0 bridgehead atoms. The first-order chi connectivity index (χ1) is 5.85. The molecule has 12 heavy (non-hydrogen) atoms. The number of hydrogen-bond donors (Lipinski definition) is 0. The fourth-order valence-corrected chi connectivity index (χ4v) is 1.60. The summed E-state index contributed by atoms with van der Waals surface area (Å²) in [6, 6.07) is 0. The maximum Gasteiger partial charge on any atom is -0.0417 e. The van der Waals surface area contributed by atoms with Gasteiger partial charge in [-0.25, -0.2) is 0 Å². The summed E-state index contributed by atoms with van der Waals surface area (Å²) in [6.45, 7) is 6.68. The third-order valence-corrected chi connectivity index (χ3v) is 2.80. The number of rotatable bonds is 2. The lowest BCUT2D eigenvalue weighted by molar-refractivity contribution is 0.349. The van der Waals surface area contributed by atoms with E-state index in [1.54, 1.807) is 0 Å². The molecule has 1 aliphatic rings. The number of hydrogen-bond acceptors (Lipinski definition) is 0. The van der Waals surface area contributed by atoms with E-state index in [1.807, 2.05) is 0 Å². The predicted molar refractivity (Wildman–Crippen MR) is 57.4 cm³/mol. The van der Waals surface area contributed by atoms with Gasteiger partial charge in [0.15, 0.2) is 0 Å². The molecule has 1 aliphatic carbocycles. The zero-order valence-corrected chi connectivity index (χ0v) is 9.23. The molecule has 0 nitrogen and oxygen atoms in total. The molecule has 0 N–H and O–H groups in total. The largest absolute Gasteiger partial charge is 0.0654 e. The Kier molecular flexibility index (Phi) is 9.09. The van der Waals surface area contributed by atoms with Crippen LogP contribution in [-0.4, -0.2) is 0 Å². The van der Waals surface area contributed by atoms with E-state index in [1.165, 1.54) is 51.4 Å². The third-order valence-electron chi connectivity index (χ3n) is 2.80. The van der Waals surface area contributed by atoms with Crippen LogP contribution in [-0.2, 0) is 0 Å². The van der Waals surface area contributed by atoms with Gasteiger partial charge in [-0.1, -0.05) is 72.1 Å². The summed E-state index contributed by atoms with van der Waals surface area (Å²) in [5.41, 5.74) is 0. The average Bonchev–Trinajstić information content (AvgIpc) is 2.19. The molecule has 0 aromatic rings. The van der Waals surface area contributed by atoms with Crippen molar-refractivity contribution in [3.8, 4) is 0 Å². The first-order valence-electron chi connectivity index (χ1n) is 5.85. The Morgan fingerprint density at radius 2 is 1.33 bits per heavy atom. The molecule has 0 unspecified atom stereocenters. The molecule has 74 valence electrons. The zero-order chi connectivity index (χ0) is 9.23. The van der Waals surface area contributed by atoms with E-state index in [9.17, 15) is 0 Å². The highest BCUT2D eigenvalue weighted by Crippen LogP contribution is 2.25. The molecule has 0 spiro atoms. The summed E-state index contributed by atoms with van der Waals surface area (Å²) in [5.74, 6) is 1.09. The van der Waals surface area contributed by atoms with E-state index in [0.717, 1.165) is 5.92 Å². The highest BCUT2D eigenvalue weighted by Gasteiger charge is 2.09. The van der Waals surface area contributed by atoms with E-state index < -0.39 is 0 Å². The SMILES string of the molecule is CCC1CCCCC1.CCCC. The first kappa shape index (κ1) is 12.0. The summed E-state index contributed by atoms with van der Waals surface area (Å²) >= 11 is 0. The van der Waals surface area contributed by atoms with Gasteiger partial charge in [-0.15, -0.1) is 0 Å². The van der Waals surface area contributed by atoms with E-state index in [0.29, 0.717) is 0 Å². The monoisotopic (exact) mass is 170 g/mol. The van der Waals surface area contributed by atoms with Crippen LogP contribution in [0.3, 0.4) is 0 Å². The third kappa shape index (κ3) is 6.69. The van der Waals surface area contributed by atoms with Gasteiger partial charge in [0.1, 0.15) is 0 Å². The van der Waals surface area contributed by atoms with Gasteiger partial charge in [-0.2, -0.15) is 0 Å². The van der Waals surface area contributed by atoms with Crippen LogP contribution >= 0.6 is 0 Å². The maximum absolute atomic E-state index is 2.32. The molecule has 1 fully saturated rings. The minimum Gasteiger partial charge on any atom is -0.0654 e. The normalized spacial score (nSPS) is 18.2.